The quantitative estimate of drug-likeness (QED) is 0.860. The summed E-state index contributed by atoms with van der Waals surface area (Å²) in [6.07, 6.45) is 2.76. The average molecular weight is 218 g/mol. The Hall–Kier alpha value is -1.19. The van der Waals surface area contributed by atoms with E-state index in [9.17, 15) is 0 Å². The number of nitrogens with zero attached hydrogens (tertiary/aromatic N) is 1. The second-order valence-corrected chi connectivity index (χ2v) is 4.61. The van der Waals surface area contributed by atoms with Crippen LogP contribution in [0.5, 0.6) is 0 Å². The van der Waals surface area contributed by atoms with Crippen molar-refractivity contribution in [1.82, 2.24) is 4.98 Å². The van der Waals surface area contributed by atoms with Gasteiger partial charge in [0, 0.05) is 24.0 Å². The first kappa shape index (κ1) is 10.3. The molecule has 0 radical (unpaired) electrons. The number of rotatable bonds is 3. The van der Waals surface area contributed by atoms with Crippen molar-refractivity contribution in [3.8, 4) is 0 Å². The molecule has 0 aliphatic heterocycles. The zero-order valence-corrected chi connectivity index (χ0v) is 9.50. The molecule has 1 atom stereocenters. The fraction of sp³-hybridized carbons (Fsp3) is 0.250. The standard InChI is InChI=1S/C12H14N2S/c1-9(13)11-4-2-10(3-5-11)8-12-14-6-7-15-12/h2-7,9H,8,13H2,1H3. The molecule has 0 aliphatic rings. The number of aromatic nitrogens is 1. The van der Waals surface area contributed by atoms with E-state index in [1.54, 1.807) is 11.3 Å². The van der Waals surface area contributed by atoms with Crippen molar-refractivity contribution in [1.29, 1.82) is 0 Å². The number of nitrogens with two attached hydrogens (primary N) is 1. The molecule has 0 bridgehead atoms. The topological polar surface area (TPSA) is 38.9 Å². The highest BCUT2D eigenvalue weighted by atomic mass is 32.1. The van der Waals surface area contributed by atoms with Gasteiger partial charge in [0.25, 0.3) is 0 Å². The van der Waals surface area contributed by atoms with Crippen molar-refractivity contribution in [2.45, 2.75) is 19.4 Å². The molecule has 0 fully saturated rings. The predicted octanol–water partition coefficient (Wildman–Crippen LogP) is 2.75. The Labute approximate surface area is 93.8 Å². The van der Waals surface area contributed by atoms with Gasteiger partial charge in [-0.05, 0) is 18.1 Å². The molecule has 2 rings (SSSR count). The molecule has 2 N–H and O–H groups in total. The van der Waals surface area contributed by atoms with E-state index in [2.05, 4.69) is 29.2 Å². The molecule has 3 heteroatoms. The third-order valence-corrected chi connectivity index (χ3v) is 3.12. The smallest absolute Gasteiger partial charge is 0.0968 e. The lowest BCUT2D eigenvalue weighted by atomic mass is 10.1. The van der Waals surface area contributed by atoms with Gasteiger partial charge in [0.2, 0.25) is 0 Å². The van der Waals surface area contributed by atoms with Gasteiger partial charge in [0.15, 0.2) is 0 Å². The molecule has 2 aromatic rings. The first-order valence-corrected chi connectivity index (χ1v) is 5.86. The fourth-order valence-electron chi connectivity index (χ4n) is 1.45. The fourth-order valence-corrected chi connectivity index (χ4v) is 2.10. The van der Waals surface area contributed by atoms with Gasteiger partial charge in [0.05, 0.1) is 5.01 Å². The summed E-state index contributed by atoms with van der Waals surface area (Å²) in [5, 5.41) is 3.16. The Bertz CT molecular complexity index is 404. The molecule has 0 spiro atoms. The third-order valence-electron chi connectivity index (χ3n) is 2.34. The molecular formula is C12H14N2S. The van der Waals surface area contributed by atoms with Crippen molar-refractivity contribution in [3.05, 3.63) is 52.0 Å². The van der Waals surface area contributed by atoms with Crippen molar-refractivity contribution in [2.24, 2.45) is 5.73 Å². The summed E-state index contributed by atoms with van der Waals surface area (Å²) < 4.78 is 0. The average Bonchev–Trinajstić information content (AvgIpc) is 2.71. The molecule has 1 aromatic carbocycles. The van der Waals surface area contributed by atoms with Gasteiger partial charge in [-0.3, -0.25) is 0 Å². The molecule has 0 saturated carbocycles. The van der Waals surface area contributed by atoms with E-state index >= 15 is 0 Å². The van der Waals surface area contributed by atoms with Gasteiger partial charge < -0.3 is 5.73 Å². The van der Waals surface area contributed by atoms with Gasteiger partial charge in [0.1, 0.15) is 0 Å². The minimum Gasteiger partial charge on any atom is -0.324 e. The van der Waals surface area contributed by atoms with Crippen LogP contribution in [0.4, 0.5) is 0 Å². The van der Waals surface area contributed by atoms with E-state index in [4.69, 9.17) is 5.73 Å². The van der Waals surface area contributed by atoms with E-state index < -0.39 is 0 Å². The first-order valence-electron chi connectivity index (χ1n) is 4.98. The van der Waals surface area contributed by atoms with Crippen molar-refractivity contribution < 1.29 is 0 Å². The van der Waals surface area contributed by atoms with Crippen molar-refractivity contribution >= 4 is 11.3 Å². The molecule has 1 aromatic heterocycles. The minimum absolute atomic E-state index is 0.110. The molecule has 15 heavy (non-hydrogen) atoms. The van der Waals surface area contributed by atoms with Crippen LogP contribution in [0.15, 0.2) is 35.8 Å². The van der Waals surface area contributed by atoms with Crippen LogP contribution >= 0.6 is 11.3 Å². The maximum absolute atomic E-state index is 5.79. The number of benzene rings is 1. The van der Waals surface area contributed by atoms with Crippen molar-refractivity contribution in [2.75, 3.05) is 0 Å². The Balaban J connectivity index is 2.11. The highest BCUT2D eigenvalue weighted by Crippen LogP contribution is 2.15. The lowest BCUT2D eigenvalue weighted by Crippen LogP contribution is -2.04. The van der Waals surface area contributed by atoms with Gasteiger partial charge in [-0.2, -0.15) is 0 Å². The highest BCUT2D eigenvalue weighted by Gasteiger charge is 2.01. The lowest BCUT2D eigenvalue weighted by Gasteiger charge is -2.05. The van der Waals surface area contributed by atoms with E-state index in [0.29, 0.717) is 0 Å². The second kappa shape index (κ2) is 4.55. The second-order valence-electron chi connectivity index (χ2n) is 3.63. The number of hydrogen-bond donors (Lipinski definition) is 1. The Morgan fingerprint density at radius 1 is 1.33 bits per heavy atom. The lowest BCUT2D eigenvalue weighted by molar-refractivity contribution is 0.817. The van der Waals surface area contributed by atoms with Gasteiger partial charge in [-0.1, -0.05) is 24.3 Å². The molecule has 1 heterocycles. The summed E-state index contributed by atoms with van der Waals surface area (Å²) in [7, 11) is 0. The molecule has 2 nitrogen and oxygen atoms in total. The van der Waals surface area contributed by atoms with E-state index in [1.165, 1.54) is 11.1 Å². The summed E-state index contributed by atoms with van der Waals surface area (Å²) in [4.78, 5) is 4.26. The SMILES string of the molecule is CC(N)c1ccc(Cc2nccs2)cc1. The summed E-state index contributed by atoms with van der Waals surface area (Å²) in [6, 6.07) is 8.54. The summed E-state index contributed by atoms with van der Waals surface area (Å²) >= 11 is 1.69. The molecular weight excluding hydrogens is 204 g/mol. The molecule has 78 valence electrons. The van der Waals surface area contributed by atoms with Crippen LogP contribution in [0, 0.1) is 0 Å². The van der Waals surface area contributed by atoms with Crippen LogP contribution in [-0.2, 0) is 6.42 Å². The zero-order chi connectivity index (χ0) is 10.7. The van der Waals surface area contributed by atoms with Gasteiger partial charge in [-0.25, -0.2) is 4.98 Å². The molecule has 0 aliphatic carbocycles. The van der Waals surface area contributed by atoms with E-state index in [1.807, 2.05) is 18.5 Å². The van der Waals surface area contributed by atoms with Crippen LogP contribution < -0.4 is 5.73 Å². The summed E-state index contributed by atoms with van der Waals surface area (Å²) in [5.74, 6) is 0. The Morgan fingerprint density at radius 3 is 2.60 bits per heavy atom. The Kier molecular flexibility index (Phi) is 3.14. The van der Waals surface area contributed by atoms with Crippen LogP contribution in [0.25, 0.3) is 0 Å². The third kappa shape index (κ3) is 2.64. The van der Waals surface area contributed by atoms with Crippen LogP contribution in [0.3, 0.4) is 0 Å². The first-order chi connectivity index (χ1) is 7.25. The molecule has 0 amide bonds. The predicted molar refractivity (Wildman–Crippen MR) is 64.0 cm³/mol. The maximum atomic E-state index is 5.79. The van der Waals surface area contributed by atoms with E-state index in [0.717, 1.165) is 11.4 Å². The minimum atomic E-state index is 0.110. The monoisotopic (exact) mass is 218 g/mol. The normalized spacial score (nSPS) is 12.7. The number of thiazole rings is 1. The largest absolute Gasteiger partial charge is 0.324 e. The van der Waals surface area contributed by atoms with Gasteiger partial charge >= 0.3 is 0 Å². The Morgan fingerprint density at radius 2 is 2.07 bits per heavy atom. The molecule has 1 unspecified atom stereocenters. The van der Waals surface area contributed by atoms with Gasteiger partial charge in [-0.15, -0.1) is 11.3 Å². The van der Waals surface area contributed by atoms with Crippen molar-refractivity contribution in [3.63, 3.8) is 0 Å². The van der Waals surface area contributed by atoms with E-state index in [-0.39, 0.29) is 6.04 Å². The zero-order valence-electron chi connectivity index (χ0n) is 8.68. The van der Waals surface area contributed by atoms with Crippen LogP contribution in [-0.4, -0.2) is 4.98 Å². The summed E-state index contributed by atoms with van der Waals surface area (Å²) in [6.45, 7) is 2.00. The van der Waals surface area contributed by atoms with Crippen LogP contribution in [0.2, 0.25) is 0 Å². The van der Waals surface area contributed by atoms with Crippen LogP contribution in [0.1, 0.15) is 29.1 Å². The summed E-state index contributed by atoms with van der Waals surface area (Å²) in [5.41, 5.74) is 8.25. The maximum Gasteiger partial charge on any atom is 0.0968 e. The highest BCUT2D eigenvalue weighted by molar-refractivity contribution is 7.09. The molecule has 0 saturated heterocycles. The number of hydrogen-bond acceptors (Lipinski definition) is 3.